The highest BCUT2D eigenvalue weighted by Gasteiger charge is 2.28. The number of benzene rings is 1. The topological polar surface area (TPSA) is 55.4 Å². The summed E-state index contributed by atoms with van der Waals surface area (Å²) >= 11 is 0. The largest absolute Gasteiger partial charge is 0.420 e. The molecule has 9 heteroatoms. The van der Waals surface area contributed by atoms with Crippen molar-refractivity contribution in [2.45, 2.75) is 59.3 Å². The molecular weight excluding hydrogens is 373 g/mol. The van der Waals surface area contributed by atoms with E-state index >= 15 is 0 Å². The molecule has 0 bridgehead atoms. The number of carbonyl (C=O) groups excluding carboxylic acids is 2. The lowest BCUT2D eigenvalue weighted by atomic mass is 10.2. The van der Waals surface area contributed by atoms with Crippen molar-refractivity contribution in [2.24, 2.45) is 0 Å². The maximum Gasteiger partial charge on any atom is 0.311 e. The van der Waals surface area contributed by atoms with E-state index in [9.17, 15) is 31.5 Å². The molecule has 1 amide bonds. The molecule has 0 heterocycles. The minimum absolute atomic E-state index is 0.00778. The highest BCUT2D eigenvalue weighted by atomic mass is 19.2. The third-order valence-corrected chi connectivity index (χ3v) is 3.27. The summed E-state index contributed by atoms with van der Waals surface area (Å²) in [6.07, 6.45) is 2.35. The van der Waals surface area contributed by atoms with E-state index < -0.39 is 47.2 Å². The Morgan fingerprint density at radius 3 is 1.85 bits per heavy atom. The Morgan fingerprint density at radius 2 is 1.33 bits per heavy atom. The van der Waals surface area contributed by atoms with E-state index in [2.05, 4.69) is 10.1 Å². The lowest BCUT2D eigenvalue weighted by Gasteiger charge is -2.09. The summed E-state index contributed by atoms with van der Waals surface area (Å²) in [6, 6.07) is 0. The Morgan fingerprint density at radius 1 is 0.815 bits per heavy atom. The summed E-state index contributed by atoms with van der Waals surface area (Å²) in [5.41, 5.74) is 0. The van der Waals surface area contributed by atoms with Gasteiger partial charge in [-0.2, -0.15) is 8.78 Å². The van der Waals surface area contributed by atoms with Crippen LogP contribution in [0.4, 0.5) is 22.0 Å². The van der Waals surface area contributed by atoms with Gasteiger partial charge in [-0.05, 0) is 12.8 Å². The number of esters is 1. The first kappa shape index (κ1) is 24.8. The van der Waals surface area contributed by atoms with Crippen LogP contribution in [0.5, 0.6) is 5.75 Å². The van der Waals surface area contributed by atoms with Gasteiger partial charge in [0.15, 0.2) is 0 Å². The number of unbranched alkanes of at least 4 members (excludes halogenated alkanes) is 2. The predicted molar refractivity (Wildman–Crippen MR) is 89.6 cm³/mol. The van der Waals surface area contributed by atoms with Crippen molar-refractivity contribution in [2.75, 3.05) is 6.54 Å². The molecule has 0 saturated heterocycles. The minimum atomic E-state index is -2.34. The average Bonchev–Trinajstić information content (AvgIpc) is 2.67. The van der Waals surface area contributed by atoms with E-state index in [0.29, 0.717) is 6.54 Å². The fraction of sp³-hybridized carbons (Fsp3) is 0.556. The second-order valence-electron chi connectivity index (χ2n) is 5.28. The van der Waals surface area contributed by atoms with Crippen LogP contribution in [0.25, 0.3) is 0 Å². The Kier molecular flexibility index (Phi) is 12.0. The molecular formula is C18H24F5NO3. The van der Waals surface area contributed by atoms with E-state index in [1.807, 2.05) is 20.8 Å². The Bertz CT molecular complexity index is 609. The monoisotopic (exact) mass is 397 g/mol. The van der Waals surface area contributed by atoms with Crippen LogP contribution in [0, 0.1) is 29.1 Å². The molecule has 0 saturated carbocycles. The van der Waals surface area contributed by atoms with Gasteiger partial charge in [-0.3, -0.25) is 9.59 Å². The van der Waals surface area contributed by atoms with E-state index in [1.54, 1.807) is 0 Å². The first-order valence-electron chi connectivity index (χ1n) is 8.78. The van der Waals surface area contributed by atoms with Gasteiger partial charge in [0.1, 0.15) is 0 Å². The molecule has 0 aliphatic heterocycles. The van der Waals surface area contributed by atoms with Crippen LogP contribution in [0.2, 0.25) is 0 Å². The van der Waals surface area contributed by atoms with E-state index in [0.717, 1.165) is 19.3 Å². The van der Waals surface area contributed by atoms with Gasteiger partial charge in [0.05, 0.1) is 0 Å². The maximum atomic E-state index is 13.4. The molecule has 1 N–H and O–H groups in total. The molecule has 0 unspecified atom stereocenters. The normalized spacial score (nSPS) is 10.1. The van der Waals surface area contributed by atoms with Crippen LogP contribution >= 0.6 is 0 Å². The Balaban J connectivity index is 0.00000326. The quantitative estimate of drug-likeness (QED) is 0.163. The van der Waals surface area contributed by atoms with Crippen molar-refractivity contribution in [1.29, 1.82) is 0 Å². The number of amides is 1. The van der Waals surface area contributed by atoms with Crippen molar-refractivity contribution < 1.29 is 36.3 Å². The molecule has 0 atom stereocenters. The molecule has 0 spiro atoms. The van der Waals surface area contributed by atoms with Gasteiger partial charge in [0.25, 0.3) is 0 Å². The van der Waals surface area contributed by atoms with E-state index in [1.165, 1.54) is 0 Å². The first-order chi connectivity index (χ1) is 12.8. The van der Waals surface area contributed by atoms with E-state index in [4.69, 9.17) is 0 Å². The summed E-state index contributed by atoms with van der Waals surface area (Å²) in [7, 11) is 0. The van der Waals surface area contributed by atoms with Crippen molar-refractivity contribution in [3.8, 4) is 5.75 Å². The van der Waals surface area contributed by atoms with Crippen LogP contribution in [-0.4, -0.2) is 18.4 Å². The minimum Gasteiger partial charge on any atom is -0.420 e. The van der Waals surface area contributed by atoms with Crippen LogP contribution < -0.4 is 10.1 Å². The molecule has 0 fully saturated rings. The van der Waals surface area contributed by atoms with Crippen molar-refractivity contribution in [3.05, 3.63) is 29.1 Å². The van der Waals surface area contributed by atoms with Gasteiger partial charge in [-0.1, -0.05) is 33.6 Å². The number of hydrogen-bond donors (Lipinski definition) is 1. The molecule has 4 nitrogen and oxygen atoms in total. The highest BCUT2D eigenvalue weighted by Crippen LogP contribution is 2.29. The fourth-order valence-electron chi connectivity index (χ4n) is 1.92. The zero-order chi connectivity index (χ0) is 21.0. The average molecular weight is 397 g/mol. The third kappa shape index (κ3) is 7.92. The predicted octanol–water partition coefficient (Wildman–Crippen LogP) is 4.79. The molecule has 27 heavy (non-hydrogen) atoms. The number of rotatable bonds is 9. The SMILES string of the molecule is CC.CCCCCNC(=O)CCCC(=O)Oc1c(F)c(F)c(F)c(F)c1F. The van der Waals surface area contributed by atoms with Gasteiger partial charge >= 0.3 is 5.97 Å². The van der Waals surface area contributed by atoms with E-state index in [-0.39, 0.29) is 18.7 Å². The third-order valence-electron chi connectivity index (χ3n) is 3.27. The summed E-state index contributed by atoms with van der Waals surface area (Å²) in [5, 5.41) is 2.63. The maximum absolute atomic E-state index is 13.4. The van der Waals surface area contributed by atoms with Gasteiger partial charge in [0, 0.05) is 19.4 Å². The van der Waals surface area contributed by atoms with Gasteiger partial charge in [-0.25, -0.2) is 13.2 Å². The molecule has 1 aromatic rings. The van der Waals surface area contributed by atoms with Crippen LogP contribution in [0.15, 0.2) is 0 Å². The molecule has 0 aliphatic carbocycles. The molecule has 154 valence electrons. The van der Waals surface area contributed by atoms with Crippen molar-refractivity contribution >= 4 is 11.9 Å². The second-order valence-corrected chi connectivity index (χ2v) is 5.28. The lowest BCUT2D eigenvalue weighted by molar-refractivity contribution is -0.135. The fourth-order valence-corrected chi connectivity index (χ4v) is 1.92. The van der Waals surface area contributed by atoms with Crippen LogP contribution in [0.1, 0.15) is 59.3 Å². The first-order valence-corrected chi connectivity index (χ1v) is 8.78. The molecule has 0 aliphatic rings. The summed E-state index contributed by atoms with van der Waals surface area (Å²) in [5.74, 6) is -14.3. The van der Waals surface area contributed by atoms with Crippen LogP contribution in [0.3, 0.4) is 0 Å². The van der Waals surface area contributed by atoms with Gasteiger partial charge in [0.2, 0.25) is 40.7 Å². The van der Waals surface area contributed by atoms with Crippen LogP contribution in [-0.2, 0) is 9.59 Å². The number of hydrogen-bond acceptors (Lipinski definition) is 3. The number of carbonyl (C=O) groups is 2. The smallest absolute Gasteiger partial charge is 0.311 e. The highest BCUT2D eigenvalue weighted by molar-refractivity contribution is 5.77. The molecule has 1 aromatic carbocycles. The second kappa shape index (κ2) is 13.1. The van der Waals surface area contributed by atoms with Gasteiger partial charge < -0.3 is 10.1 Å². The standard InChI is InChI=1S/C16H18F5NO3.C2H6/c1-2-3-4-8-22-9(23)6-5-7-10(24)25-16-14(20)12(18)11(17)13(19)15(16)21;1-2/h2-8H2,1H3,(H,22,23);1-2H3. The summed E-state index contributed by atoms with van der Waals surface area (Å²) in [6.45, 7) is 6.51. The zero-order valence-electron chi connectivity index (χ0n) is 15.6. The molecule has 0 aromatic heterocycles. The van der Waals surface area contributed by atoms with Crippen molar-refractivity contribution in [3.63, 3.8) is 0 Å². The molecule has 1 rings (SSSR count). The summed E-state index contributed by atoms with van der Waals surface area (Å²) < 4.78 is 69.7. The Hall–Kier alpha value is -2.19. The Labute approximate surface area is 155 Å². The van der Waals surface area contributed by atoms with Gasteiger partial charge in [-0.15, -0.1) is 0 Å². The number of nitrogens with one attached hydrogen (secondary N) is 1. The van der Waals surface area contributed by atoms with Crippen molar-refractivity contribution in [1.82, 2.24) is 5.32 Å². The number of halogens is 5. The summed E-state index contributed by atoms with van der Waals surface area (Å²) in [4.78, 5) is 22.9. The number of ether oxygens (including phenoxy) is 1. The zero-order valence-corrected chi connectivity index (χ0v) is 15.6. The lowest BCUT2D eigenvalue weighted by Crippen LogP contribution is -2.24. The molecule has 0 radical (unpaired) electrons.